The van der Waals surface area contributed by atoms with Crippen LogP contribution in [-0.4, -0.2) is 34.6 Å². The maximum Gasteiger partial charge on any atom is 0.303 e. The SMILES string of the molecule is CC(CNC(=O)CCCC(=O)O)Oc1cccnc1. The Labute approximate surface area is 111 Å². The summed E-state index contributed by atoms with van der Waals surface area (Å²) < 4.78 is 5.54. The van der Waals surface area contributed by atoms with Gasteiger partial charge in [-0.15, -0.1) is 0 Å². The minimum atomic E-state index is -0.888. The number of hydrogen-bond acceptors (Lipinski definition) is 4. The Morgan fingerprint density at radius 2 is 2.26 bits per heavy atom. The Balaban J connectivity index is 2.17. The van der Waals surface area contributed by atoms with Crippen LogP contribution in [0.25, 0.3) is 0 Å². The Hall–Kier alpha value is -2.11. The van der Waals surface area contributed by atoms with Crippen LogP contribution in [0.2, 0.25) is 0 Å². The molecule has 0 aliphatic heterocycles. The second-order valence-corrected chi connectivity index (χ2v) is 4.17. The highest BCUT2D eigenvalue weighted by Gasteiger charge is 2.07. The summed E-state index contributed by atoms with van der Waals surface area (Å²) in [5.41, 5.74) is 0. The number of amides is 1. The number of nitrogens with zero attached hydrogens (tertiary/aromatic N) is 1. The van der Waals surface area contributed by atoms with E-state index in [0.717, 1.165) is 0 Å². The standard InChI is InChI=1S/C13H18N2O4/c1-10(19-11-4-3-7-14-9-11)8-15-12(16)5-2-6-13(17)18/h3-4,7,9-10H,2,5-6,8H2,1H3,(H,15,16)(H,17,18). The van der Waals surface area contributed by atoms with Crippen molar-refractivity contribution in [2.75, 3.05) is 6.54 Å². The molecule has 6 heteroatoms. The molecule has 0 aliphatic carbocycles. The van der Waals surface area contributed by atoms with Crippen molar-refractivity contribution in [1.29, 1.82) is 0 Å². The van der Waals surface area contributed by atoms with E-state index in [4.69, 9.17) is 9.84 Å². The average Bonchev–Trinajstić information content (AvgIpc) is 2.37. The molecule has 1 atom stereocenters. The molecule has 19 heavy (non-hydrogen) atoms. The summed E-state index contributed by atoms with van der Waals surface area (Å²) in [6.45, 7) is 2.21. The van der Waals surface area contributed by atoms with E-state index in [1.54, 1.807) is 24.5 Å². The van der Waals surface area contributed by atoms with E-state index in [0.29, 0.717) is 18.7 Å². The maximum atomic E-state index is 11.4. The molecule has 104 valence electrons. The summed E-state index contributed by atoms with van der Waals surface area (Å²) in [7, 11) is 0. The number of carboxylic acid groups (broad SMARTS) is 1. The van der Waals surface area contributed by atoms with Crippen LogP contribution in [0.1, 0.15) is 26.2 Å². The topological polar surface area (TPSA) is 88.5 Å². The number of rotatable bonds is 8. The fourth-order valence-electron chi connectivity index (χ4n) is 1.44. The van der Waals surface area contributed by atoms with Crippen LogP contribution in [-0.2, 0) is 9.59 Å². The van der Waals surface area contributed by atoms with Crippen LogP contribution >= 0.6 is 0 Å². The molecule has 1 unspecified atom stereocenters. The van der Waals surface area contributed by atoms with E-state index in [-0.39, 0.29) is 24.9 Å². The van der Waals surface area contributed by atoms with Crippen molar-refractivity contribution in [2.24, 2.45) is 0 Å². The summed E-state index contributed by atoms with van der Waals surface area (Å²) in [6.07, 6.45) is 3.65. The first-order chi connectivity index (χ1) is 9.08. The molecule has 1 aromatic heterocycles. The van der Waals surface area contributed by atoms with Gasteiger partial charge in [0.1, 0.15) is 11.9 Å². The second-order valence-electron chi connectivity index (χ2n) is 4.17. The van der Waals surface area contributed by atoms with Crippen molar-refractivity contribution in [1.82, 2.24) is 10.3 Å². The fraction of sp³-hybridized carbons (Fsp3) is 0.462. The van der Waals surface area contributed by atoms with Crippen LogP contribution in [0, 0.1) is 0 Å². The number of aromatic nitrogens is 1. The van der Waals surface area contributed by atoms with Gasteiger partial charge in [0.25, 0.3) is 0 Å². The fourth-order valence-corrected chi connectivity index (χ4v) is 1.44. The molecule has 0 saturated carbocycles. The van der Waals surface area contributed by atoms with Gasteiger partial charge in [0, 0.05) is 19.0 Å². The predicted octanol–water partition coefficient (Wildman–Crippen LogP) is 1.22. The molecule has 1 aromatic rings. The predicted molar refractivity (Wildman–Crippen MR) is 68.8 cm³/mol. The first kappa shape index (κ1) is 14.9. The molecule has 1 amide bonds. The molecule has 0 fully saturated rings. The monoisotopic (exact) mass is 266 g/mol. The molecule has 2 N–H and O–H groups in total. The highest BCUT2D eigenvalue weighted by Crippen LogP contribution is 2.08. The largest absolute Gasteiger partial charge is 0.487 e. The van der Waals surface area contributed by atoms with Gasteiger partial charge in [-0.1, -0.05) is 0 Å². The van der Waals surface area contributed by atoms with Gasteiger partial charge < -0.3 is 15.2 Å². The lowest BCUT2D eigenvalue weighted by molar-refractivity contribution is -0.137. The lowest BCUT2D eigenvalue weighted by Gasteiger charge is -2.15. The van der Waals surface area contributed by atoms with Crippen LogP contribution < -0.4 is 10.1 Å². The van der Waals surface area contributed by atoms with Gasteiger partial charge >= 0.3 is 5.97 Å². The molecular formula is C13H18N2O4. The first-order valence-electron chi connectivity index (χ1n) is 6.13. The van der Waals surface area contributed by atoms with Crippen molar-refractivity contribution in [3.05, 3.63) is 24.5 Å². The summed E-state index contributed by atoms with van der Waals surface area (Å²) in [6, 6.07) is 3.56. The van der Waals surface area contributed by atoms with Crippen LogP contribution in [0.5, 0.6) is 5.75 Å². The first-order valence-corrected chi connectivity index (χ1v) is 6.13. The smallest absolute Gasteiger partial charge is 0.303 e. The van der Waals surface area contributed by atoms with E-state index in [1.165, 1.54) is 0 Å². The molecule has 1 rings (SSSR count). The van der Waals surface area contributed by atoms with Crippen molar-refractivity contribution >= 4 is 11.9 Å². The van der Waals surface area contributed by atoms with Gasteiger partial charge in [-0.05, 0) is 25.5 Å². The highest BCUT2D eigenvalue weighted by molar-refractivity contribution is 5.76. The Bertz CT molecular complexity index is 408. The average molecular weight is 266 g/mol. The molecule has 6 nitrogen and oxygen atoms in total. The lowest BCUT2D eigenvalue weighted by Crippen LogP contribution is -2.33. The van der Waals surface area contributed by atoms with E-state index in [1.807, 2.05) is 6.92 Å². The number of aliphatic carboxylic acids is 1. The van der Waals surface area contributed by atoms with Crippen LogP contribution in [0.3, 0.4) is 0 Å². The molecule has 0 aromatic carbocycles. The Morgan fingerprint density at radius 3 is 2.89 bits per heavy atom. The van der Waals surface area contributed by atoms with Gasteiger partial charge in [0.15, 0.2) is 0 Å². The number of nitrogens with one attached hydrogen (secondary N) is 1. The number of carbonyl (C=O) groups excluding carboxylic acids is 1. The number of ether oxygens (including phenoxy) is 1. The third-order valence-electron chi connectivity index (χ3n) is 2.35. The van der Waals surface area contributed by atoms with E-state index in [9.17, 15) is 9.59 Å². The van der Waals surface area contributed by atoms with Crippen molar-refractivity contribution in [3.8, 4) is 5.75 Å². The minimum absolute atomic E-state index is 0.00909. The zero-order chi connectivity index (χ0) is 14.1. The van der Waals surface area contributed by atoms with Crippen LogP contribution in [0.4, 0.5) is 0 Å². The van der Waals surface area contributed by atoms with Crippen LogP contribution in [0.15, 0.2) is 24.5 Å². The highest BCUT2D eigenvalue weighted by atomic mass is 16.5. The van der Waals surface area contributed by atoms with Crippen molar-refractivity contribution in [2.45, 2.75) is 32.3 Å². The molecule has 0 aliphatic rings. The maximum absolute atomic E-state index is 11.4. The third kappa shape index (κ3) is 7.03. The zero-order valence-corrected chi connectivity index (χ0v) is 10.8. The molecule has 0 saturated heterocycles. The van der Waals surface area contributed by atoms with Crippen molar-refractivity contribution < 1.29 is 19.4 Å². The van der Waals surface area contributed by atoms with Gasteiger partial charge in [-0.3, -0.25) is 14.6 Å². The molecule has 0 bridgehead atoms. The van der Waals surface area contributed by atoms with E-state index < -0.39 is 5.97 Å². The number of pyridine rings is 1. The number of hydrogen-bond donors (Lipinski definition) is 2. The van der Waals surface area contributed by atoms with E-state index >= 15 is 0 Å². The molecule has 0 radical (unpaired) electrons. The van der Waals surface area contributed by atoms with Gasteiger partial charge in [-0.25, -0.2) is 0 Å². The number of carbonyl (C=O) groups is 2. The van der Waals surface area contributed by atoms with E-state index in [2.05, 4.69) is 10.3 Å². The van der Waals surface area contributed by atoms with Gasteiger partial charge in [-0.2, -0.15) is 0 Å². The second kappa shape index (κ2) is 8.07. The Morgan fingerprint density at radius 1 is 1.47 bits per heavy atom. The third-order valence-corrected chi connectivity index (χ3v) is 2.35. The summed E-state index contributed by atoms with van der Waals surface area (Å²) >= 11 is 0. The Kier molecular flexibility index (Phi) is 6.35. The summed E-state index contributed by atoms with van der Waals surface area (Å²) in [5.74, 6) is -0.404. The molecule has 1 heterocycles. The van der Waals surface area contributed by atoms with Crippen molar-refractivity contribution in [3.63, 3.8) is 0 Å². The normalized spacial score (nSPS) is 11.6. The zero-order valence-electron chi connectivity index (χ0n) is 10.8. The molecule has 0 spiro atoms. The molecular weight excluding hydrogens is 248 g/mol. The summed E-state index contributed by atoms with van der Waals surface area (Å²) in [5, 5.41) is 11.2. The van der Waals surface area contributed by atoms with Gasteiger partial charge in [0.05, 0.1) is 12.7 Å². The lowest BCUT2D eigenvalue weighted by atomic mass is 10.2. The quantitative estimate of drug-likeness (QED) is 0.738. The summed E-state index contributed by atoms with van der Waals surface area (Å²) in [4.78, 5) is 25.6. The number of carboxylic acids is 1. The van der Waals surface area contributed by atoms with Gasteiger partial charge in [0.2, 0.25) is 5.91 Å². The minimum Gasteiger partial charge on any atom is -0.487 e.